The number of nitrogens with one attached hydrogen (secondary N) is 1. The minimum Gasteiger partial charge on any atom is -0.486 e. The second kappa shape index (κ2) is 7.51. The minimum absolute atomic E-state index is 0.0115. The van der Waals surface area contributed by atoms with Crippen molar-refractivity contribution in [3.8, 4) is 11.5 Å². The van der Waals surface area contributed by atoms with Crippen LogP contribution in [0.4, 0.5) is 10.5 Å². The number of ether oxygens (including phenoxy) is 2. The molecule has 6 nitrogen and oxygen atoms in total. The molecule has 1 fully saturated rings. The molecule has 30 heavy (non-hydrogen) atoms. The first-order chi connectivity index (χ1) is 14.6. The first-order valence-electron chi connectivity index (χ1n) is 10.9. The summed E-state index contributed by atoms with van der Waals surface area (Å²) >= 11 is 0. The number of para-hydroxylation sites is 1. The lowest BCUT2D eigenvalue weighted by atomic mass is 9.71. The van der Waals surface area contributed by atoms with Gasteiger partial charge in [-0.2, -0.15) is 0 Å². The van der Waals surface area contributed by atoms with Crippen molar-refractivity contribution < 1.29 is 14.3 Å². The Morgan fingerprint density at radius 2 is 1.87 bits per heavy atom. The van der Waals surface area contributed by atoms with Crippen LogP contribution in [0.5, 0.6) is 11.5 Å². The van der Waals surface area contributed by atoms with Crippen LogP contribution in [0.3, 0.4) is 0 Å². The zero-order valence-electron chi connectivity index (χ0n) is 17.4. The quantitative estimate of drug-likeness (QED) is 0.777. The molecule has 0 saturated heterocycles. The Bertz CT molecular complexity index is 968. The summed E-state index contributed by atoms with van der Waals surface area (Å²) in [6, 6.07) is 11.9. The van der Waals surface area contributed by atoms with Gasteiger partial charge in [0.05, 0.1) is 6.04 Å². The third-order valence-electron chi connectivity index (χ3n) is 6.98. The van der Waals surface area contributed by atoms with Gasteiger partial charge in [-0.3, -0.25) is 0 Å². The van der Waals surface area contributed by atoms with E-state index in [1.54, 1.807) is 0 Å². The molecule has 1 spiro atoms. The normalized spacial score (nSPS) is 21.4. The Kier molecular flexibility index (Phi) is 4.82. The van der Waals surface area contributed by atoms with Gasteiger partial charge in [0.2, 0.25) is 0 Å². The third kappa shape index (κ3) is 3.10. The van der Waals surface area contributed by atoms with Crippen LogP contribution in [-0.4, -0.2) is 30.7 Å². The molecule has 5 rings (SSSR count). The Hall–Kier alpha value is -2.73. The van der Waals surface area contributed by atoms with Crippen LogP contribution in [0.15, 0.2) is 36.4 Å². The van der Waals surface area contributed by atoms with Crippen molar-refractivity contribution >= 4 is 11.7 Å². The average Bonchev–Trinajstić information content (AvgIpc) is 3.25. The first-order valence-corrected chi connectivity index (χ1v) is 10.9. The molecule has 1 atom stereocenters. The Morgan fingerprint density at radius 1 is 1.17 bits per heavy atom. The van der Waals surface area contributed by atoms with Crippen LogP contribution in [0, 0.1) is 0 Å². The van der Waals surface area contributed by atoms with E-state index in [-0.39, 0.29) is 17.5 Å². The van der Waals surface area contributed by atoms with Crippen LogP contribution in [0.25, 0.3) is 0 Å². The minimum atomic E-state index is -0.0739. The molecule has 2 amide bonds. The lowest BCUT2D eigenvalue weighted by Gasteiger charge is -2.46. The molecule has 2 aromatic rings. The largest absolute Gasteiger partial charge is 0.486 e. The summed E-state index contributed by atoms with van der Waals surface area (Å²) < 4.78 is 11.7. The molecule has 1 saturated carbocycles. The highest BCUT2D eigenvalue weighted by Gasteiger charge is 2.46. The van der Waals surface area contributed by atoms with Gasteiger partial charge in [-0.1, -0.05) is 31.0 Å². The molecule has 1 unspecified atom stereocenters. The fourth-order valence-electron chi connectivity index (χ4n) is 5.36. The number of anilines is 1. The van der Waals surface area contributed by atoms with Gasteiger partial charge >= 0.3 is 6.03 Å². The summed E-state index contributed by atoms with van der Waals surface area (Å²) in [5.41, 5.74) is 10.1. The van der Waals surface area contributed by atoms with Crippen molar-refractivity contribution in [3.05, 3.63) is 53.1 Å². The number of fused-ring (bicyclic) bond motifs is 3. The van der Waals surface area contributed by atoms with Crippen molar-refractivity contribution in [1.82, 2.24) is 4.90 Å². The van der Waals surface area contributed by atoms with E-state index in [2.05, 4.69) is 24.4 Å². The molecule has 2 aliphatic heterocycles. The van der Waals surface area contributed by atoms with Crippen molar-refractivity contribution in [2.45, 2.75) is 50.6 Å². The van der Waals surface area contributed by atoms with Crippen LogP contribution >= 0.6 is 0 Å². The SMILES string of the molecule is CC1c2cc3c(cc2C2(CCCC2)CN1C(=O)Nc1ccccc1CN)OCCO3. The summed E-state index contributed by atoms with van der Waals surface area (Å²) in [5.74, 6) is 1.63. The molecular weight excluding hydrogens is 378 g/mol. The number of carbonyl (C=O) groups excluding carboxylic acids is 1. The molecule has 2 aromatic carbocycles. The van der Waals surface area contributed by atoms with E-state index in [0.717, 1.165) is 42.1 Å². The molecule has 3 aliphatic rings. The predicted molar refractivity (Wildman–Crippen MR) is 116 cm³/mol. The van der Waals surface area contributed by atoms with E-state index in [1.165, 1.54) is 24.0 Å². The molecule has 1 aliphatic carbocycles. The molecule has 2 heterocycles. The maximum atomic E-state index is 13.4. The molecular formula is C24H29N3O3. The fourth-order valence-corrected chi connectivity index (χ4v) is 5.36. The molecule has 6 heteroatoms. The topological polar surface area (TPSA) is 76.8 Å². The third-order valence-corrected chi connectivity index (χ3v) is 6.98. The number of nitrogens with two attached hydrogens (primary N) is 1. The van der Waals surface area contributed by atoms with Gasteiger partial charge in [0.15, 0.2) is 11.5 Å². The van der Waals surface area contributed by atoms with E-state index in [4.69, 9.17) is 15.2 Å². The van der Waals surface area contributed by atoms with Gasteiger partial charge < -0.3 is 25.4 Å². The molecule has 0 aromatic heterocycles. The van der Waals surface area contributed by atoms with Crippen LogP contribution in [0.2, 0.25) is 0 Å². The summed E-state index contributed by atoms with van der Waals surface area (Å²) in [7, 11) is 0. The van der Waals surface area contributed by atoms with Gasteiger partial charge in [0, 0.05) is 24.2 Å². The summed E-state index contributed by atoms with van der Waals surface area (Å²) in [6.07, 6.45) is 4.56. The zero-order valence-corrected chi connectivity index (χ0v) is 17.4. The number of nitrogens with zero attached hydrogens (tertiary/aromatic N) is 1. The van der Waals surface area contributed by atoms with E-state index in [0.29, 0.717) is 19.8 Å². The second-order valence-corrected chi connectivity index (χ2v) is 8.67. The highest BCUT2D eigenvalue weighted by Crippen LogP contribution is 2.52. The van der Waals surface area contributed by atoms with Crippen LogP contribution in [0.1, 0.15) is 55.3 Å². The van der Waals surface area contributed by atoms with Gasteiger partial charge in [-0.15, -0.1) is 0 Å². The lowest BCUT2D eigenvalue weighted by molar-refractivity contribution is 0.149. The molecule has 158 valence electrons. The monoisotopic (exact) mass is 407 g/mol. The van der Waals surface area contributed by atoms with Crippen molar-refractivity contribution in [1.29, 1.82) is 0 Å². The zero-order chi connectivity index (χ0) is 20.7. The Labute approximate surface area is 177 Å². The van der Waals surface area contributed by atoms with Crippen LogP contribution in [-0.2, 0) is 12.0 Å². The number of benzene rings is 2. The fraction of sp³-hybridized carbons (Fsp3) is 0.458. The molecule has 0 bridgehead atoms. The van der Waals surface area contributed by atoms with E-state index >= 15 is 0 Å². The Morgan fingerprint density at radius 3 is 2.60 bits per heavy atom. The highest BCUT2D eigenvalue weighted by atomic mass is 16.6. The van der Waals surface area contributed by atoms with E-state index < -0.39 is 0 Å². The molecule has 3 N–H and O–H groups in total. The van der Waals surface area contributed by atoms with Crippen molar-refractivity contribution in [2.75, 3.05) is 25.1 Å². The highest BCUT2D eigenvalue weighted by molar-refractivity contribution is 5.91. The number of rotatable bonds is 2. The lowest BCUT2D eigenvalue weighted by Crippen LogP contribution is -2.50. The smallest absolute Gasteiger partial charge is 0.322 e. The van der Waals surface area contributed by atoms with Gasteiger partial charge in [0.1, 0.15) is 13.2 Å². The number of hydrogen-bond acceptors (Lipinski definition) is 4. The summed E-state index contributed by atoms with van der Waals surface area (Å²) in [6.45, 7) is 4.36. The van der Waals surface area contributed by atoms with Crippen LogP contribution < -0.4 is 20.5 Å². The second-order valence-electron chi connectivity index (χ2n) is 8.67. The van der Waals surface area contributed by atoms with Crippen molar-refractivity contribution in [2.24, 2.45) is 5.73 Å². The number of carbonyl (C=O) groups is 1. The summed E-state index contributed by atoms with van der Waals surface area (Å²) in [5, 5.41) is 3.11. The summed E-state index contributed by atoms with van der Waals surface area (Å²) in [4.78, 5) is 15.4. The van der Waals surface area contributed by atoms with Gasteiger partial charge in [0.25, 0.3) is 0 Å². The first kappa shape index (κ1) is 19.2. The number of hydrogen-bond donors (Lipinski definition) is 2. The Balaban J connectivity index is 1.51. The maximum Gasteiger partial charge on any atom is 0.322 e. The number of amides is 2. The average molecular weight is 408 g/mol. The maximum absolute atomic E-state index is 13.4. The van der Waals surface area contributed by atoms with Gasteiger partial charge in [-0.05, 0) is 54.7 Å². The molecule has 0 radical (unpaired) electrons. The van der Waals surface area contributed by atoms with E-state index in [9.17, 15) is 4.79 Å². The van der Waals surface area contributed by atoms with E-state index in [1.807, 2.05) is 29.2 Å². The standard InChI is InChI=1S/C24H29N3O3/c1-16-18-12-21-22(30-11-10-29-21)13-19(18)24(8-4-5-9-24)15-27(16)23(28)26-20-7-3-2-6-17(20)14-25/h2-3,6-7,12-13,16H,4-5,8-11,14-15,25H2,1H3,(H,26,28). The van der Waals surface area contributed by atoms with Gasteiger partial charge in [-0.25, -0.2) is 4.79 Å². The number of urea groups is 1. The predicted octanol–water partition coefficient (Wildman–Crippen LogP) is 4.34. The van der Waals surface area contributed by atoms with Crippen molar-refractivity contribution in [3.63, 3.8) is 0 Å².